The molecule has 9 nitrogen and oxygen atoms in total. The molecule has 0 aliphatic heterocycles. The summed E-state index contributed by atoms with van der Waals surface area (Å²) in [7, 11) is -3.72. The minimum Gasteiger partial charge on any atom is -0.390 e. The summed E-state index contributed by atoms with van der Waals surface area (Å²) >= 11 is 0. The molecule has 3 N–H and O–H groups in total. The highest BCUT2D eigenvalue weighted by molar-refractivity contribution is 7.85. The molecule has 0 aromatic carbocycles. The number of aliphatic hydroxyl groups excluding tert-OH is 2. The van der Waals surface area contributed by atoms with Gasteiger partial charge in [-0.05, 0) is 44.1 Å². The Morgan fingerprint density at radius 3 is 2.54 bits per heavy atom. The van der Waals surface area contributed by atoms with Crippen molar-refractivity contribution in [3.8, 4) is 0 Å². The van der Waals surface area contributed by atoms with Gasteiger partial charge in [-0.1, -0.05) is 19.4 Å². The number of ketones is 2. The van der Waals surface area contributed by atoms with Crippen LogP contribution in [0.1, 0.15) is 52.4 Å². The fraction of sp³-hybridized carbons (Fsp3) is 0.833. The topological polar surface area (TPSA) is 147 Å². The lowest BCUT2D eigenvalue weighted by atomic mass is 9.44. The van der Waals surface area contributed by atoms with Crippen molar-refractivity contribution in [2.24, 2.45) is 22.7 Å². The van der Waals surface area contributed by atoms with Crippen molar-refractivity contribution in [3.63, 3.8) is 0 Å². The van der Waals surface area contributed by atoms with E-state index in [0.717, 1.165) is 6.26 Å². The monoisotopic (exact) mass is 518 g/mol. The Morgan fingerprint density at radius 1 is 1.23 bits per heavy atom. The molecule has 4 rings (SSSR count). The van der Waals surface area contributed by atoms with E-state index in [0.29, 0.717) is 18.4 Å². The Hall–Kier alpha value is -1.24. The van der Waals surface area contributed by atoms with Gasteiger partial charge in [0.1, 0.15) is 12.3 Å². The van der Waals surface area contributed by atoms with E-state index in [9.17, 15) is 33.3 Å². The van der Waals surface area contributed by atoms with Crippen LogP contribution in [-0.2, 0) is 28.6 Å². The SMILES string of the molecule is C[C@]12CCC(=O)C=C1CC[C@H]1[C@@H]3C[C@@H](OCCOS(C)(=O)=O)[C@](O)(C(=O)CO)[C@@]3(C)C[C@H](O)C12F. The summed E-state index contributed by atoms with van der Waals surface area (Å²) < 4.78 is 50.2. The number of ether oxygens (including phenoxy) is 1. The molecule has 0 bridgehead atoms. The van der Waals surface area contributed by atoms with Crippen LogP contribution in [0.15, 0.2) is 11.6 Å². The third kappa shape index (κ3) is 3.76. The predicted octanol–water partition coefficient (Wildman–Crippen LogP) is 0.845. The van der Waals surface area contributed by atoms with Crippen molar-refractivity contribution in [2.75, 3.05) is 26.1 Å². The Labute approximate surface area is 204 Å². The minimum atomic E-state index is -3.72. The van der Waals surface area contributed by atoms with Crippen molar-refractivity contribution < 1.29 is 46.6 Å². The maximum Gasteiger partial charge on any atom is 0.264 e. The second kappa shape index (κ2) is 8.66. The highest BCUT2D eigenvalue weighted by atomic mass is 32.2. The third-order valence-electron chi connectivity index (χ3n) is 9.50. The summed E-state index contributed by atoms with van der Waals surface area (Å²) in [5, 5.41) is 32.8. The molecule has 0 aromatic rings. The number of carbonyl (C=O) groups is 2. The van der Waals surface area contributed by atoms with Crippen molar-refractivity contribution >= 4 is 21.7 Å². The number of allylic oxidation sites excluding steroid dienone is 1. The van der Waals surface area contributed by atoms with Crippen LogP contribution in [0.4, 0.5) is 4.39 Å². The van der Waals surface area contributed by atoms with Crippen LogP contribution < -0.4 is 0 Å². The summed E-state index contributed by atoms with van der Waals surface area (Å²) in [6.45, 7) is 1.83. The molecule has 0 heterocycles. The summed E-state index contributed by atoms with van der Waals surface area (Å²) in [5.41, 5.74) is -5.93. The Morgan fingerprint density at radius 2 is 1.91 bits per heavy atom. The molecule has 3 saturated carbocycles. The number of Topliss-reactive ketones (excluding diaryl/α,β-unsaturated/α-hetero) is 1. The van der Waals surface area contributed by atoms with E-state index in [1.54, 1.807) is 13.8 Å². The average molecular weight is 519 g/mol. The number of halogens is 1. The maximum absolute atomic E-state index is 17.2. The molecular formula is C24H35FO9S. The van der Waals surface area contributed by atoms with Gasteiger partial charge in [0.05, 0.1) is 31.7 Å². The van der Waals surface area contributed by atoms with Gasteiger partial charge in [0.15, 0.2) is 17.2 Å². The molecule has 0 radical (unpaired) electrons. The minimum absolute atomic E-state index is 0.0526. The second-order valence-electron chi connectivity index (χ2n) is 11.1. The highest BCUT2D eigenvalue weighted by Gasteiger charge is 2.76. The first kappa shape index (κ1) is 26.8. The molecule has 0 spiro atoms. The van der Waals surface area contributed by atoms with Crippen LogP contribution in [-0.4, -0.2) is 84.9 Å². The molecule has 8 atom stereocenters. The number of fused-ring (bicyclic) bond motifs is 5. The molecule has 4 aliphatic rings. The van der Waals surface area contributed by atoms with Crippen molar-refractivity contribution in [1.29, 1.82) is 0 Å². The molecule has 198 valence electrons. The first-order valence-corrected chi connectivity index (χ1v) is 13.9. The van der Waals surface area contributed by atoms with Crippen molar-refractivity contribution in [2.45, 2.75) is 75.9 Å². The standard InChI is InChI=1S/C24H35FO9S/c1-21-7-6-15(27)10-14(21)4-5-16-17-11-20(33-8-9-34-35(3,31)32)24(30,19(29)13-26)22(17,2)12-18(28)23(16,21)25/h10,16-18,20,26,28,30H,4-9,11-13H2,1-3H3/t16-,17-,18-,20+,21-,22-,23?,24+/m0/s1. The van der Waals surface area contributed by atoms with Gasteiger partial charge < -0.3 is 20.1 Å². The van der Waals surface area contributed by atoms with Gasteiger partial charge in [0.2, 0.25) is 0 Å². The molecule has 3 fully saturated rings. The van der Waals surface area contributed by atoms with Gasteiger partial charge in [-0.25, -0.2) is 4.39 Å². The van der Waals surface area contributed by atoms with E-state index in [1.807, 2.05) is 0 Å². The average Bonchev–Trinajstić information content (AvgIpc) is 2.99. The van der Waals surface area contributed by atoms with Crippen LogP contribution >= 0.6 is 0 Å². The first-order valence-electron chi connectivity index (χ1n) is 12.1. The Kier molecular flexibility index (Phi) is 6.64. The van der Waals surface area contributed by atoms with Crippen LogP contribution in [0.5, 0.6) is 0 Å². The first-order chi connectivity index (χ1) is 16.1. The third-order valence-corrected chi connectivity index (χ3v) is 10.1. The lowest BCUT2D eigenvalue weighted by Crippen LogP contribution is -2.70. The fourth-order valence-corrected chi connectivity index (χ4v) is 8.12. The summed E-state index contributed by atoms with van der Waals surface area (Å²) in [4.78, 5) is 25.0. The molecule has 4 aliphatic carbocycles. The number of carbonyl (C=O) groups excluding carboxylic acids is 2. The van der Waals surface area contributed by atoms with Crippen LogP contribution in [0, 0.1) is 22.7 Å². The van der Waals surface area contributed by atoms with E-state index >= 15 is 4.39 Å². The number of rotatable bonds is 7. The molecular weight excluding hydrogens is 483 g/mol. The van der Waals surface area contributed by atoms with E-state index < -0.39 is 68.7 Å². The van der Waals surface area contributed by atoms with Gasteiger partial charge in [0, 0.05) is 23.2 Å². The fourth-order valence-electron chi connectivity index (χ4n) is 7.74. The number of hydrogen-bond acceptors (Lipinski definition) is 9. The van der Waals surface area contributed by atoms with Gasteiger partial charge in [0.25, 0.3) is 10.1 Å². The normalized spacial score (nSPS) is 45.3. The summed E-state index contributed by atoms with van der Waals surface area (Å²) in [5.74, 6) is -2.22. The lowest BCUT2D eigenvalue weighted by molar-refractivity contribution is -0.232. The van der Waals surface area contributed by atoms with Crippen LogP contribution in [0.2, 0.25) is 0 Å². The number of hydrogen-bond donors (Lipinski definition) is 3. The van der Waals surface area contributed by atoms with Gasteiger partial charge in [-0.3, -0.25) is 13.8 Å². The zero-order chi connectivity index (χ0) is 26.0. The van der Waals surface area contributed by atoms with E-state index in [1.165, 1.54) is 6.08 Å². The Bertz CT molecular complexity index is 1040. The van der Waals surface area contributed by atoms with Crippen LogP contribution in [0.3, 0.4) is 0 Å². The van der Waals surface area contributed by atoms with E-state index in [4.69, 9.17) is 4.74 Å². The summed E-state index contributed by atoms with van der Waals surface area (Å²) in [6, 6.07) is 0. The number of aliphatic hydroxyl groups is 3. The molecule has 0 saturated heterocycles. The van der Waals surface area contributed by atoms with Crippen molar-refractivity contribution in [3.05, 3.63) is 11.6 Å². The van der Waals surface area contributed by atoms with Gasteiger partial charge in [-0.15, -0.1) is 0 Å². The largest absolute Gasteiger partial charge is 0.390 e. The maximum atomic E-state index is 17.2. The van der Waals surface area contributed by atoms with Crippen LogP contribution in [0.25, 0.3) is 0 Å². The smallest absolute Gasteiger partial charge is 0.264 e. The highest BCUT2D eigenvalue weighted by Crippen LogP contribution is 2.70. The van der Waals surface area contributed by atoms with E-state index in [-0.39, 0.29) is 44.7 Å². The zero-order valence-corrected chi connectivity index (χ0v) is 21.1. The van der Waals surface area contributed by atoms with Gasteiger partial charge >= 0.3 is 0 Å². The quantitative estimate of drug-likeness (QED) is 0.329. The zero-order valence-electron chi connectivity index (χ0n) is 20.3. The summed E-state index contributed by atoms with van der Waals surface area (Å²) in [6.07, 6.45) is 0.854. The molecule has 0 amide bonds. The Balaban J connectivity index is 1.70. The molecule has 11 heteroatoms. The van der Waals surface area contributed by atoms with E-state index in [2.05, 4.69) is 4.18 Å². The predicted molar refractivity (Wildman–Crippen MR) is 121 cm³/mol. The van der Waals surface area contributed by atoms with Gasteiger partial charge in [-0.2, -0.15) is 8.42 Å². The molecule has 35 heavy (non-hydrogen) atoms. The van der Waals surface area contributed by atoms with Crippen molar-refractivity contribution in [1.82, 2.24) is 0 Å². The molecule has 0 aromatic heterocycles. The molecule has 1 unspecified atom stereocenters. The second-order valence-corrected chi connectivity index (χ2v) is 12.7. The lowest BCUT2D eigenvalue weighted by Gasteiger charge is -2.63. The number of alkyl halides is 1.